The van der Waals surface area contributed by atoms with Crippen molar-refractivity contribution in [3.05, 3.63) is 53.7 Å². The minimum atomic E-state index is -3.53. The fraction of sp³-hybridized carbons (Fsp3) is 0.182. The molecule has 10 nitrogen and oxygen atoms in total. The average molecular weight is 564 g/mol. The Morgan fingerprint density at radius 1 is 1.11 bits per heavy atom. The number of hydrogen-bond acceptors (Lipinski definition) is 12. The lowest BCUT2D eigenvalue weighted by atomic mass is 10.3. The molecule has 0 bridgehead atoms. The summed E-state index contributed by atoms with van der Waals surface area (Å²) in [6, 6.07) is 12.2. The van der Waals surface area contributed by atoms with Crippen LogP contribution in [0.25, 0.3) is 0 Å². The molecule has 0 spiro atoms. The summed E-state index contributed by atoms with van der Waals surface area (Å²) in [6.07, 6.45) is 1.43. The van der Waals surface area contributed by atoms with Gasteiger partial charge in [0.25, 0.3) is 0 Å². The van der Waals surface area contributed by atoms with Crippen LogP contribution in [0.2, 0.25) is 5.02 Å². The lowest BCUT2D eigenvalue weighted by molar-refractivity contribution is 0.415. The SMILES string of the molecule is COc1cc(Sc2nnc(N)s2)ccc1Nc1ncc(Cl)c(Nc2ccccc2S(=O)(=O)C(C)C)n1. The first-order valence-electron chi connectivity index (χ1n) is 10.5. The maximum Gasteiger partial charge on any atom is 0.229 e. The van der Waals surface area contributed by atoms with Crippen LogP contribution in [-0.4, -0.2) is 40.9 Å². The van der Waals surface area contributed by atoms with Crippen LogP contribution in [-0.2, 0) is 9.84 Å². The average Bonchev–Trinajstić information content (AvgIpc) is 3.26. The van der Waals surface area contributed by atoms with E-state index >= 15 is 0 Å². The van der Waals surface area contributed by atoms with E-state index in [1.165, 1.54) is 29.3 Å². The van der Waals surface area contributed by atoms with Gasteiger partial charge in [0.15, 0.2) is 20.0 Å². The standard InChI is InChI=1S/C22H22ClN7O3S3/c1-12(2)36(31,32)18-7-5-4-6-16(18)26-19-14(23)11-25-21(28-19)27-15-9-8-13(10-17(15)33-3)34-22-30-29-20(24)35-22/h4-12H,1-3H3,(H2,24,29)(H2,25,26,27,28). The number of nitrogens with two attached hydrogens (primary N) is 1. The highest BCUT2D eigenvalue weighted by Crippen LogP contribution is 2.37. The van der Waals surface area contributed by atoms with E-state index in [0.29, 0.717) is 26.6 Å². The molecule has 0 radical (unpaired) electrons. The number of nitrogens with one attached hydrogen (secondary N) is 2. The second-order valence-corrected chi connectivity index (χ2v) is 12.8. The van der Waals surface area contributed by atoms with E-state index in [1.54, 1.807) is 45.2 Å². The third-order valence-electron chi connectivity index (χ3n) is 4.86. The summed E-state index contributed by atoms with van der Waals surface area (Å²) in [5.41, 5.74) is 6.64. The van der Waals surface area contributed by atoms with Crippen molar-refractivity contribution >= 4 is 72.8 Å². The Hall–Kier alpha value is -3.13. The molecule has 2 aromatic heterocycles. The molecule has 14 heteroatoms. The number of nitrogens with zero attached hydrogens (tertiary/aromatic N) is 4. The van der Waals surface area contributed by atoms with Crippen LogP contribution in [0.3, 0.4) is 0 Å². The molecule has 2 aromatic carbocycles. The topological polar surface area (TPSA) is 145 Å². The number of anilines is 5. The van der Waals surface area contributed by atoms with E-state index in [0.717, 1.165) is 4.90 Å². The first-order valence-corrected chi connectivity index (χ1v) is 14.1. The number of aromatic nitrogens is 4. The van der Waals surface area contributed by atoms with E-state index < -0.39 is 15.1 Å². The van der Waals surface area contributed by atoms with Crippen LogP contribution in [0.5, 0.6) is 5.75 Å². The van der Waals surface area contributed by atoms with Crippen molar-refractivity contribution in [3.8, 4) is 5.75 Å². The van der Waals surface area contributed by atoms with E-state index in [2.05, 4.69) is 30.8 Å². The zero-order valence-corrected chi connectivity index (χ0v) is 22.6. The van der Waals surface area contributed by atoms with Crippen LogP contribution in [0.15, 0.2) is 62.8 Å². The largest absolute Gasteiger partial charge is 0.495 e. The molecular weight excluding hydrogens is 542 g/mol. The fourth-order valence-corrected chi connectivity index (χ4v) is 6.01. The molecule has 2 heterocycles. The van der Waals surface area contributed by atoms with Crippen LogP contribution >= 0.6 is 34.7 Å². The minimum Gasteiger partial charge on any atom is -0.495 e. The number of rotatable bonds is 9. The number of halogens is 1. The van der Waals surface area contributed by atoms with Gasteiger partial charge in [0.2, 0.25) is 11.1 Å². The van der Waals surface area contributed by atoms with Crippen LogP contribution in [0, 0.1) is 0 Å². The minimum absolute atomic E-state index is 0.163. The van der Waals surface area contributed by atoms with Gasteiger partial charge in [0, 0.05) is 4.90 Å². The van der Waals surface area contributed by atoms with Crippen molar-refractivity contribution in [1.82, 2.24) is 20.2 Å². The smallest absolute Gasteiger partial charge is 0.229 e. The van der Waals surface area contributed by atoms with Crippen LogP contribution < -0.4 is 21.1 Å². The first kappa shape index (κ1) is 25.9. The van der Waals surface area contributed by atoms with E-state index in [9.17, 15) is 8.42 Å². The van der Waals surface area contributed by atoms with Crippen molar-refractivity contribution in [2.24, 2.45) is 0 Å². The quantitative estimate of drug-likeness (QED) is 0.241. The molecule has 4 aromatic rings. The van der Waals surface area contributed by atoms with Crippen molar-refractivity contribution < 1.29 is 13.2 Å². The second kappa shape index (κ2) is 10.9. The van der Waals surface area contributed by atoms with E-state index in [-0.39, 0.29) is 21.7 Å². The highest BCUT2D eigenvalue weighted by atomic mass is 35.5. The van der Waals surface area contributed by atoms with Gasteiger partial charge in [0.05, 0.1) is 34.8 Å². The number of benzene rings is 2. The zero-order chi connectivity index (χ0) is 25.9. The number of nitrogen functional groups attached to an aromatic ring is 1. The summed E-state index contributed by atoms with van der Waals surface area (Å²) >= 11 is 9.03. The maximum atomic E-state index is 12.8. The van der Waals surface area contributed by atoms with Crippen LogP contribution in [0.4, 0.5) is 28.3 Å². The molecule has 4 rings (SSSR count). The summed E-state index contributed by atoms with van der Waals surface area (Å²) < 4.78 is 31.9. The summed E-state index contributed by atoms with van der Waals surface area (Å²) in [6.45, 7) is 3.26. The molecule has 0 atom stereocenters. The fourth-order valence-electron chi connectivity index (χ4n) is 3.04. The molecule has 0 aliphatic carbocycles. The summed E-state index contributed by atoms with van der Waals surface area (Å²) in [7, 11) is -1.98. The molecule has 0 aliphatic rings. The van der Waals surface area contributed by atoms with Gasteiger partial charge in [-0.1, -0.05) is 46.8 Å². The lowest BCUT2D eigenvalue weighted by Gasteiger charge is -2.16. The van der Waals surface area contributed by atoms with Crippen molar-refractivity contribution in [2.45, 2.75) is 33.2 Å². The number of para-hydroxylation sites is 1. The molecule has 188 valence electrons. The monoisotopic (exact) mass is 563 g/mol. The molecule has 0 amide bonds. The summed E-state index contributed by atoms with van der Waals surface area (Å²) in [5, 5.41) is 14.0. The molecule has 0 saturated carbocycles. The number of ether oxygens (including phenoxy) is 1. The van der Waals surface area contributed by atoms with E-state index in [4.69, 9.17) is 22.1 Å². The Morgan fingerprint density at radius 3 is 2.58 bits per heavy atom. The number of methoxy groups -OCH3 is 1. The molecule has 4 N–H and O–H groups in total. The molecule has 36 heavy (non-hydrogen) atoms. The maximum absolute atomic E-state index is 12.8. The van der Waals surface area contributed by atoms with Gasteiger partial charge >= 0.3 is 0 Å². The predicted octanol–water partition coefficient (Wildman–Crippen LogP) is 5.39. The third-order valence-corrected chi connectivity index (χ3v) is 9.14. The lowest BCUT2D eigenvalue weighted by Crippen LogP contribution is -2.15. The Kier molecular flexibility index (Phi) is 7.83. The van der Waals surface area contributed by atoms with Gasteiger partial charge in [-0.3, -0.25) is 0 Å². The highest BCUT2D eigenvalue weighted by molar-refractivity contribution is 8.01. The van der Waals surface area contributed by atoms with Crippen molar-refractivity contribution in [2.75, 3.05) is 23.5 Å². The van der Waals surface area contributed by atoms with Crippen molar-refractivity contribution in [1.29, 1.82) is 0 Å². The van der Waals surface area contributed by atoms with Gasteiger partial charge in [-0.2, -0.15) is 4.98 Å². The molecule has 0 saturated heterocycles. The predicted molar refractivity (Wildman–Crippen MR) is 144 cm³/mol. The Labute approximate surface area is 221 Å². The summed E-state index contributed by atoms with van der Waals surface area (Å²) in [5.74, 6) is 1.04. The molecular formula is C22H22ClN7O3S3. The first-order chi connectivity index (χ1) is 17.2. The third kappa shape index (κ3) is 5.81. The Bertz CT molecular complexity index is 1500. The number of hydrogen-bond donors (Lipinski definition) is 3. The molecule has 0 unspecified atom stereocenters. The van der Waals surface area contributed by atoms with Gasteiger partial charge in [0.1, 0.15) is 10.8 Å². The Morgan fingerprint density at radius 2 is 1.89 bits per heavy atom. The van der Waals surface area contributed by atoms with Gasteiger partial charge < -0.3 is 21.1 Å². The van der Waals surface area contributed by atoms with Crippen LogP contribution in [0.1, 0.15) is 13.8 Å². The highest BCUT2D eigenvalue weighted by Gasteiger charge is 2.23. The Balaban J connectivity index is 1.59. The van der Waals surface area contributed by atoms with Gasteiger partial charge in [-0.15, -0.1) is 10.2 Å². The van der Waals surface area contributed by atoms with Crippen molar-refractivity contribution in [3.63, 3.8) is 0 Å². The second-order valence-electron chi connectivity index (χ2n) is 7.60. The normalized spacial score (nSPS) is 11.5. The molecule has 0 fully saturated rings. The number of sulfone groups is 1. The van der Waals surface area contributed by atoms with Gasteiger partial charge in [-0.25, -0.2) is 13.4 Å². The van der Waals surface area contributed by atoms with Gasteiger partial charge in [-0.05, 0) is 44.2 Å². The van der Waals surface area contributed by atoms with E-state index in [1.807, 2.05) is 18.2 Å². The zero-order valence-electron chi connectivity index (χ0n) is 19.4. The molecule has 0 aliphatic heterocycles. The summed E-state index contributed by atoms with van der Waals surface area (Å²) in [4.78, 5) is 9.74.